The van der Waals surface area contributed by atoms with Crippen LogP contribution in [0.4, 0.5) is 5.69 Å². The van der Waals surface area contributed by atoms with Gasteiger partial charge in [-0.25, -0.2) is 0 Å². The second kappa shape index (κ2) is 8.34. The molecule has 0 aromatic heterocycles. The van der Waals surface area contributed by atoms with Gasteiger partial charge in [-0.2, -0.15) is 0 Å². The lowest BCUT2D eigenvalue weighted by molar-refractivity contribution is -0.140. The molecule has 0 unspecified atom stereocenters. The summed E-state index contributed by atoms with van der Waals surface area (Å²) in [6.07, 6.45) is 6.85. The molecular weight excluding hydrogens is 378 g/mol. The van der Waals surface area contributed by atoms with Crippen LogP contribution in [0.5, 0.6) is 11.5 Å². The molecule has 2 aromatic rings. The van der Waals surface area contributed by atoms with Crippen LogP contribution in [-0.2, 0) is 4.79 Å². The van der Waals surface area contributed by atoms with Gasteiger partial charge in [0.25, 0.3) is 0 Å². The van der Waals surface area contributed by atoms with Crippen LogP contribution in [0.1, 0.15) is 53.6 Å². The minimum Gasteiger partial charge on any atom is -0.452 e. The fourth-order valence-corrected chi connectivity index (χ4v) is 4.03. The predicted octanol–water partition coefficient (Wildman–Crippen LogP) is 5.16. The third kappa shape index (κ3) is 3.97. The lowest BCUT2D eigenvalue weighted by Gasteiger charge is -2.20. The Hall–Kier alpha value is -3.08. The van der Waals surface area contributed by atoms with Gasteiger partial charge in [0.15, 0.2) is 5.76 Å². The Bertz CT molecular complexity index is 999. The number of hydrogen-bond donors (Lipinski definition) is 0. The standard InChI is InChI=1S/C25H27NO4/c1-16-21(30-25(28)18-7-5-4-6-8-18)14-13-20-23(27)22(29-24(16)20)15-17-9-11-19(12-10-17)26(2)3/h9-15,18H,4-8H2,1-3H3/b22-15-. The van der Waals surface area contributed by atoms with Crippen LogP contribution in [0.2, 0.25) is 0 Å². The maximum absolute atomic E-state index is 12.8. The number of anilines is 1. The summed E-state index contributed by atoms with van der Waals surface area (Å²) in [7, 11) is 3.96. The highest BCUT2D eigenvalue weighted by Crippen LogP contribution is 2.40. The maximum Gasteiger partial charge on any atom is 0.314 e. The number of carbonyl (C=O) groups is 2. The zero-order chi connectivity index (χ0) is 21.3. The zero-order valence-corrected chi connectivity index (χ0v) is 17.7. The monoisotopic (exact) mass is 405 g/mol. The molecule has 1 fully saturated rings. The highest BCUT2D eigenvalue weighted by molar-refractivity contribution is 6.15. The van der Waals surface area contributed by atoms with Crippen LogP contribution in [-0.4, -0.2) is 25.8 Å². The molecule has 0 N–H and O–H groups in total. The van der Waals surface area contributed by atoms with E-state index in [4.69, 9.17) is 9.47 Å². The lowest BCUT2D eigenvalue weighted by Crippen LogP contribution is -2.23. The largest absolute Gasteiger partial charge is 0.452 e. The molecule has 0 spiro atoms. The number of fused-ring (bicyclic) bond motifs is 1. The van der Waals surface area contributed by atoms with Crippen molar-refractivity contribution in [3.63, 3.8) is 0 Å². The van der Waals surface area contributed by atoms with Crippen LogP contribution >= 0.6 is 0 Å². The van der Waals surface area contributed by atoms with Crippen LogP contribution < -0.4 is 14.4 Å². The van der Waals surface area contributed by atoms with Crippen LogP contribution in [0.15, 0.2) is 42.2 Å². The van der Waals surface area contributed by atoms with Gasteiger partial charge in [-0.15, -0.1) is 0 Å². The molecule has 2 aromatic carbocycles. The van der Waals surface area contributed by atoms with Crippen molar-refractivity contribution in [1.82, 2.24) is 0 Å². The number of benzene rings is 2. The Morgan fingerprint density at radius 1 is 1.07 bits per heavy atom. The summed E-state index contributed by atoms with van der Waals surface area (Å²) in [6, 6.07) is 11.3. The van der Waals surface area contributed by atoms with Crippen molar-refractivity contribution in [3.05, 3.63) is 58.8 Å². The number of esters is 1. The van der Waals surface area contributed by atoms with Crippen LogP contribution in [0.3, 0.4) is 0 Å². The van der Waals surface area contributed by atoms with Gasteiger partial charge in [0, 0.05) is 25.3 Å². The molecular formula is C25H27NO4. The van der Waals surface area contributed by atoms with E-state index in [1.165, 1.54) is 6.42 Å². The molecule has 1 heterocycles. The van der Waals surface area contributed by atoms with Crippen LogP contribution in [0, 0.1) is 12.8 Å². The molecule has 5 heteroatoms. The summed E-state index contributed by atoms with van der Waals surface area (Å²) in [5.74, 6) is 0.851. The average molecular weight is 405 g/mol. The number of ether oxygens (including phenoxy) is 2. The fraction of sp³-hybridized carbons (Fsp3) is 0.360. The van der Waals surface area contributed by atoms with Crippen LogP contribution in [0.25, 0.3) is 6.08 Å². The highest BCUT2D eigenvalue weighted by atomic mass is 16.5. The van der Waals surface area contributed by atoms with Crippen molar-refractivity contribution in [2.24, 2.45) is 5.92 Å². The van der Waals surface area contributed by atoms with E-state index >= 15 is 0 Å². The molecule has 0 radical (unpaired) electrons. The first-order valence-corrected chi connectivity index (χ1v) is 10.5. The van der Waals surface area contributed by atoms with E-state index in [0.717, 1.165) is 36.9 Å². The number of rotatable bonds is 4. The smallest absolute Gasteiger partial charge is 0.314 e. The maximum atomic E-state index is 12.8. The Balaban J connectivity index is 1.54. The number of allylic oxidation sites excluding steroid dienone is 1. The van der Waals surface area contributed by atoms with Crippen molar-refractivity contribution in [2.45, 2.75) is 39.0 Å². The lowest BCUT2D eigenvalue weighted by atomic mass is 9.89. The van der Waals surface area contributed by atoms with Gasteiger partial charge in [-0.05, 0) is 55.7 Å². The SMILES string of the molecule is Cc1c(OC(=O)C2CCCCC2)ccc2c1O/C(=C\c1ccc(N(C)C)cc1)C2=O. The van der Waals surface area contributed by atoms with Gasteiger partial charge >= 0.3 is 5.97 Å². The number of Topliss-reactive ketones (excluding diaryl/α,β-unsaturated/α-hetero) is 1. The first-order valence-electron chi connectivity index (χ1n) is 10.5. The molecule has 0 bridgehead atoms. The van der Waals surface area contributed by atoms with Gasteiger partial charge in [0.05, 0.1) is 11.5 Å². The van der Waals surface area contributed by atoms with Gasteiger partial charge in [0.1, 0.15) is 11.5 Å². The average Bonchev–Trinajstić information content (AvgIpc) is 3.07. The second-order valence-electron chi connectivity index (χ2n) is 8.25. The summed E-state index contributed by atoms with van der Waals surface area (Å²) >= 11 is 0. The van der Waals surface area contributed by atoms with E-state index in [1.54, 1.807) is 18.2 Å². The van der Waals surface area contributed by atoms with Gasteiger partial charge in [-0.1, -0.05) is 31.4 Å². The summed E-state index contributed by atoms with van der Waals surface area (Å²) in [6.45, 7) is 1.82. The first kappa shape index (κ1) is 20.2. The van der Waals surface area contributed by atoms with E-state index in [0.29, 0.717) is 22.6 Å². The molecule has 1 aliphatic carbocycles. The Kier molecular flexibility index (Phi) is 5.62. The molecule has 1 aliphatic heterocycles. The van der Waals surface area contributed by atoms with E-state index in [-0.39, 0.29) is 23.4 Å². The molecule has 0 amide bonds. The van der Waals surface area contributed by atoms with Crippen molar-refractivity contribution in [1.29, 1.82) is 0 Å². The summed E-state index contributed by atoms with van der Waals surface area (Å²) < 4.78 is 11.6. The second-order valence-corrected chi connectivity index (χ2v) is 8.25. The molecule has 4 rings (SSSR count). The van der Waals surface area contributed by atoms with Crippen molar-refractivity contribution >= 4 is 23.5 Å². The number of nitrogens with zero attached hydrogens (tertiary/aromatic N) is 1. The minimum atomic E-state index is -0.182. The third-order valence-electron chi connectivity index (χ3n) is 5.89. The van der Waals surface area contributed by atoms with Crippen molar-refractivity contribution < 1.29 is 19.1 Å². The molecule has 0 saturated heterocycles. The van der Waals surface area contributed by atoms with E-state index < -0.39 is 0 Å². The summed E-state index contributed by atoms with van der Waals surface area (Å²) in [5, 5.41) is 0. The number of carbonyl (C=O) groups excluding carboxylic acids is 2. The van der Waals surface area contributed by atoms with Crippen molar-refractivity contribution in [2.75, 3.05) is 19.0 Å². The van der Waals surface area contributed by atoms with Gasteiger partial charge < -0.3 is 14.4 Å². The molecule has 156 valence electrons. The normalized spacial score (nSPS) is 17.6. The van der Waals surface area contributed by atoms with E-state index in [9.17, 15) is 9.59 Å². The highest BCUT2D eigenvalue weighted by Gasteiger charge is 2.31. The molecule has 1 saturated carbocycles. The van der Waals surface area contributed by atoms with Gasteiger partial charge in [-0.3, -0.25) is 9.59 Å². The molecule has 30 heavy (non-hydrogen) atoms. The summed E-state index contributed by atoms with van der Waals surface area (Å²) in [4.78, 5) is 27.3. The third-order valence-corrected chi connectivity index (χ3v) is 5.89. The molecule has 2 aliphatic rings. The predicted molar refractivity (Wildman–Crippen MR) is 117 cm³/mol. The first-order chi connectivity index (χ1) is 14.4. The quantitative estimate of drug-likeness (QED) is 0.399. The fourth-order valence-electron chi connectivity index (χ4n) is 4.03. The Labute approximate surface area is 177 Å². The number of hydrogen-bond acceptors (Lipinski definition) is 5. The van der Waals surface area contributed by atoms with E-state index in [2.05, 4.69) is 0 Å². The van der Waals surface area contributed by atoms with Crippen molar-refractivity contribution in [3.8, 4) is 11.5 Å². The van der Waals surface area contributed by atoms with Gasteiger partial charge in [0.2, 0.25) is 5.78 Å². The zero-order valence-electron chi connectivity index (χ0n) is 17.7. The molecule has 5 nitrogen and oxygen atoms in total. The summed E-state index contributed by atoms with van der Waals surface area (Å²) in [5.41, 5.74) is 3.15. The number of ketones is 1. The Morgan fingerprint density at radius 3 is 2.43 bits per heavy atom. The van der Waals surface area contributed by atoms with E-state index in [1.807, 2.05) is 50.2 Å². The topological polar surface area (TPSA) is 55.8 Å². The Morgan fingerprint density at radius 2 is 1.77 bits per heavy atom. The molecule has 0 atom stereocenters. The minimum absolute atomic E-state index is 0.0328.